The molecule has 1 aliphatic carbocycles. The number of sulfonamides is 1. The van der Waals surface area contributed by atoms with Gasteiger partial charge in [0.1, 0.15) is 0 Å². The Labute approximate surface area is 117 Å². The van der Waals surface area contributed by atoms with Crippen molar-refractivity contribution in [3.05, 3.63) is 42.7 Å². The topological polar surface area (TPSA) is 90.0 Å². The molecule has 1 saturated carbocycles. The van der Waals surface area contributed by atoms with Gasteiger partial charge in [-0.2, -0.15) is 5.10 Å². The quantitative estimate of drug-likeness (QED) is 0.865. The van der Waals surface area contributed by atoms with E-state index in [1.54, 1.807) is 41.3 Å². The second-order valence-corrected chi connectivity index (χ2v) is 6.63. The number of nitrogens with zero attached hydrogens (tertiary/aromatic N) is 2. The summed E-state index contributed by atoms with van der Waals surface area (Å²) in [6.45, 7) is 0. The summed E-state index contributed by atoms with van der Waals surface area (Å²) in [4.78, 5) is 0.243. The first-order chi connectivity index (χ1) is 9.56. The molecule has 1 aliphatic rings. The number of aromatic nitrogens is 2. The lowest BCUT2D eigenvalue weighted by atomic mass is 9.88. The van der Waals surface area contributed by atoms with Gasteiger partial charge < -0.3 is 5.73 Å². The predicted molar refractivity (Wildman–Crippen MR) is 74.9 cm³/mol. The third-order valence-corrected chi connectivity index (χ3v) is 5.06. The number of nitrogens with two attached hydrogens (primary N) is 1. The van der Waals surface area contributed by atoms with Crippen LogP contribution in [0.3, 0.4) is 0 Å². The normalized spacial score (nSPS) is 22.4. The van der Waals surface area contributed by atoms with Gasteiger partial charge in [0, 0.05) is 24.5 Å². The smallest absolute Gasteiger partial charge is 0.240 e. The largest absolute Gasteiger partial charge is 0.326 e. The van der Waals surface area contributed by atoms with Crippen LogP contribution >= 0.6 is 0 Å². The predicted octanol–water partition coefficient (Wildman–Crippen LogP) is 0.640. The number of hydrogen-bond acceptors (Lipinski definition) is 4. The van der Waals surface area contributed by atoms with Gasteiger partial charge in [0.25, 0.3) is 0 Å². The third kappa shape index (κ3) is 2.47. The van der Waals surface area contributed by atoms with Crippen molar-refractivity contribution in [2.75, 3.05) is 0 Å². The molecule has 0 aliphatic heterocycles. The fourth-order valence-electron chi connectivity index (χ4n) is 2.14. The molecule has 0 amide bonds. The molecule has 1 heterocycles. The maximum absolute atomic E-state index is 12.2. The summed E-state index contributed by atoms with van der Waals surface area (Å²) in [6, 6.07) is 8.18. The summed E-state index contributed by atoms with van der Waals surface area (Å²) in [7, 11) is -3.50. The van der Waals surface area contributed by atoms with Gasteiger partial charge in [0.2, 0.25) is 10.0 Å². The molecule has 0 spiro atoms. The zero-order valence-corrected chi connectivity index (χ0v) is 11.6. The van der Waals surface area contributed by atoms with Crippen molar-refractivity contribution in [3.8, 4) is 5.69 Å². The van der Waals surface area contributed by atoms with E-state index in [9.17, 15) is 8.42 Å². The minimum atomic E-state index is -3.50. The second kappa shape index (κ2) is 5.01. The van der Waals surface area contributed by atoms with Crippen LogP contribution in [0.15, 0.2) is 47.6 Å². The van der Waals surface area contributed by atoms with Crippen LogP contribution in [0, 0.1) is 0 Å². The summed E-state index contributed by atoms with van der Waals surface area (Å²) in [5, 5.41) is 4.09. The first kappa shape index (κ1) is 13.3. The number of hydrogen-bond donors (Lipinski definition) is 2. The van der Waals surface area contributed by atoms with Crippen molar-refractivity contribution in [1.82, 2.24) is 14.5 Å². The fraction of sp³-hybridized carbons (Fsp3) is 0.308. The van der Waals surface area contributed by atoms with Gasteiger partial charge in [-0.15, -0.1) is 0 Å². The van der Waals surface area contributed by atoms with Gasteiger partial charge in [0.15, 0.2) is 0 Å². The van der Waals surface area contributed by atoms with Crippen LogP contribution in [-0.4, -0.2) is 30.3 Å². The van der Waals surface area contributed by atoms with Crippen molar-refractivity contribution < 1.29 is 8.42 Å². The van der Waals surface area contributed by atoms with Crippen molar-refractivity contribution in [3.63, 3.8) is 0 Å². The van der Waals surface area contributed by atoms with Gasteiger partial charge >= 0.3 is 0 Å². The van der Waals surface area contributed by atoms with Crippen molar-refractivity contribution in [1.29, 1.82) is 0 Å². The molecule has 2 atom stereocenters. The molecule has 1 aromatic heterocycles. The molecule has 1 aromatic carbocycles. The van der Waals surface area contributed by atoms with Crippen LogP contribution in [0.4, 0.5) is 0 Å². The molecule has 0 radical (unpaired) electrons. The summed E-state index contributed by atoms with van der Waals surface area (Å²) < 4.78 is 28.7. The number of nitrogens with one attached hydrogen (secondary N) is 1. The van der Waals surface area contributed by atoms with Crippen molar-refractivity contribution in [2.24, 2.45) is 5.73 Å². The highest BCUT2D eigenvalue weighted by atomic mass is 32.2. The van der Waals surface area contributed by atoms with Crippen LogP contribution in [0.2, 0.25) is 0 Å². The second-order valence-electron chi connectivity index (χ2n) is 4.91. The molecule has 7 heteroatoms. The summed E-state index contributed by atoms with van der Waals surface area (Å²) in [6.07, 6.45) is 5.14. The van der Waals surface area contributed by atoms with Crippen LogP contribution in [-0.2, 0) is 10.0 Å². The fourth-order valence-corrected chi connectivity index (χ4v) is 3.46. The van der Waals surface area contributed by atoms with E-state index in [-0.39, 0.29) is 17.0 Å². The summed E-state index contributed by atoms with van der Waals surface area (Å²) in [5.74, 6) is 0. The van der Waals surface area contributed by atoms with Crippen LogP contribution in [0.25, 0.3) is 5.69 Å². The van der Waals surface area contributed by atoms with Crippen molar-refractivity contribution in [2.45, 2.75) is 29.8 Å². The third-order valence-electron chi connectivity index (χ3n) is 3.55. The maximum atomic E-state index is 12.2. The summed E-state index contributed by atoms with van der Waals surface area (Å²) in [5.41, 5.74) is 6.57. The van der Waals surface area contributed by atoms with Gasteiger partial charge in [-0.3, -0.25) is 0 Å². The Bertz CT molecular complexity index is 680. The molecule has 0 unspecified atom stereocenters. The van der Waals surface area contributed by atoms with E-state index in [0.29, 0.717) is 0 Å². The molecule has 1 fully saturated rings. The lowest BCUT2D eigenvalue weighted by Gasteiger charge is -2.33. The molecule has 3 rings (SSSR count). The zero-order valence-electron chi connectivity index (χ0n) is 10.8. The zero-order chi connectivity index (χ0) is 14.2. The van der Waals surface area contributed by atoms with Crippen molar-refractivity contribution >= 4 is 10.0 Å². The van der Waals surface area contributed by atoms with E-state index >= 15 is 0 Å². The minimum Gasteiger partial charge on any atom is -0.326 e. The highest BCUT2D eigenvalue weighted by Gasteiger charge is 2.31. The molecular formula is C13H16N4O2S. The number of benzene rings is 1. The lowest BCUT2D eigenvalue weighted by molar-refractivity contribution is 0.321. The van der Waals surface area contributed by atoms with Gasteiger partial charge in [-0.1, -0.05) is 0 Å². The maximum Gasteiger partial charge on any atom is 0.240 e. The average Bonchev–Trinajstić information content (AvgIpc) is 2.98. The lowest BCUT2D eigenvalue weighted by Crippen LogP contribution is -2.54. The van der Waals surface area contributed by atoms with Gasteiger partial charge in [-0.05, 0) is 43.2 Å². The first-order valence-electron chi connectivity index (χ1n) is 6.44. The molecule has 0 saturated heterocycles. The molecule has 106 valence electrons. The Morgan fingerprint density at radius 2 is 2.00 bits per heavy atom. The highest BCUT2D eigenvalue weighted by molar-refractivity contribution is 7.89. The van der Waals surface area contributed by atoms with E-state index in [1.807, 2.05) is 6.07 Å². The van der Waals surface area contributed by atoms with Crippen LogP contribution < -0.4 is 10.5 Å². The molecule has 3 N–H and O–H groups in total. The van der Waals surface area contributed by atoms with Crippen LogP contribution in [0.1, 0.15) is 12.8 Å². The molecule has 20 heavy (non-hydrogen) atoms. The van der Waals surface area contributed by atoms with E-state index in [0.717, 1.165) is 18.5 Å². The molecular weight excluding hydrogens is 276 g/mol. The first-order valence-corrected chi connectivity index (χ1v) is 7.92. The Balaban J connectivity index is 1.80. The van der Waals surface area contributed by atoms with E-state index < -0.39 is 10.0 Å². The Morgan fingerprint density at radius 3 is 2.50 bits per heavy atom. The van der Waals surface area contributed by atoms with E-state index in [2.05, 4.69) is 9.82 Å². The average molecular weight is 292 g/mol. The Kier molecular flexibility index (Phi) is 3.33. The minimum absolute atomic E-state index is 0.0758. The summed E-state index contributed by atoms with van der Waals surface area (Å²) >= 11 is 0. The van der Waals surface area contributed by atoms with Gasteiger partial charge in [-0.25, -0.2) is 17.8 Å². The SMILES string of the molecule is N[C@@H]1CC[C@@H]1NS(=O)(=O)c1ccc(-n2cccn2)cc1. The molecule has 6 nitrogen and oxygen atoms in total. The van der Waals surface area contributed by atoms with E-state index in [4.69, 9.17) is 5.73 Å². The Hall–Kier alpha value is -1.70. The highest BCUT2D eigenvalue weighted by Crippen LogP contribution is 2.21. The molecule has 0 bridgehead atoms. The van der Waals surface area contributed by atoms with Gasteiger partial charge in [0.05, 0.1) is 10.6 Å². The van der Waals surface area contributed by atoms with Crippen LogP contribution in [0.5, 0.6) is 0 Å². The van der Waals surface area contributed by atoms with E-state index in [1.165, 1.54) is 0 Å². The standard InChI is InChI=1S/C13H16N4O2S/c14-12-6-7-13(12)16-20(18,19)11-4-2-10(3-5-11)17-9-1-8-15-17/h1-5,8-9,12-13,16H,6-7,14H2/t12-,13+/m1/s1. The monoisotopic (exact) mass is 292 g/mol. The molecule has 2 aromatic rings. The Morgan fingerprint density at radius 1 is 1.25 bits per heavy atom. The number of rotatable bonds is 4.